The summed E-state index contributed by atoms with van der Waals surface area (Å²) in [5, 5.41) is 12.4. The molecule has 0 aliphatic rings. The summed E-state index contributed by atoms with van der Waals surface area (Å²) in [7, 11) is 0. The van der Waals surface area contributed by atoms with Gasteiger partial charge in [0.05, 0.1) is 6.04 Å². The van der Waals surface area contributed by atoms with E-state index < -0.39 is 5.95 Å². The van der Waals surface area contributed by atoms with E-state index in [-0.39, 0.29) is 11.8 Å². The fourth-order valence-corrected chi connectivity index (χ4v) is 1.59. The Balaban J connectivity index is 2.14. The number of nitrogens with one attached hydrogen (secondary N) is 1. The molecule has 2 rings (SSSR count). The fraction of sp³-hybridized carbons (Fsp3) is 0.154. The van der Waals surface area contributed by atoms with Crippen molar-refractivity contribution in [3.05, 3.63) is 54.0 Å². The van der Waals surface area contributed by atoms with E-state index in [2.05, 4.69) is 10.3 Å². The van der Waals surface area contributed by atoms with Crippen LogP contribution < -0.4 is 5.32 Å². The standard InChI is InChI=1S/C13H13FN2O/c1-9(10-4-2-5-11(17)8-10)15-13-7-3-6-12(14)16-13/h2-9,17H,1H3,(H,15,16). The highest BCUT2D eigenvalue weighted by atomic mass is 19.1. The second kappa shape index (κ2) is 4.82. The number of hydrogen-bond acceptors (Lipinski definition) is 3. The number of anilines is 1. The minimum Gasteiger partial charge on any atom is -0.508 e. The maximum absolute atomic E-state index is 12.9. The molecular weight excluding hydrogens is 219 g/mol. The predicted octanol–water partition coefficient (Wildman–Crippen LogP) is 3.10. The first kappa shape index (κ1) is 11.4. The molecule has 0 saturated heterocycles. The number of nitrogens with zero attached hydrogens (tertiary/aromatic N) is 1. The summed E-state index contributed by atoms with van der Waals surface area (Å²) < 4.78 is 12.9. The van der Waals surface area contributed by atoms with Crippen molar-refractivity contribution in [2.24, 2.45) is 0 Å². The first-order valence-electron chi connectivity index (χ1n) is 5.33. The fourth-order valence-electron chi connectivity index (χ4n) is 1.59. The van der Waals surface area contributed by atoms with Gasteiger partial charge in [-0.2, -0.15) is 4.39 Å². The molecule has 0 fully saturated rings. The van der Waals surface area contributed by atoms with Crippen molar-refractivity contribution in [3.8, 4) is 5.75 Å². The van der Waals surface area contributed by atoms with Crippen molar-refractivity contribution < 1.29 is 9.50 Å². The number of phenolic OH excluding ortho intramolecular Hbond substituents is 1. The lowest BCUT2D eigenvalue weighted by Crippen LogP contribution is -2.08. The Labute approximate surface area is 98.9 Å². The number of benzene rings is 1. The molecule has 1 atom stereocenters. The maximum atomic E-state index is 12.9. The van der Waals surface area contributed by atoms with Crippen LogP contribution in [0.1, 0.15) is 18.5 Å². The number of phenols is 1. The molecule has 88 valence electrons. The van der Waals surface area contributed by atoms with Gasteiger partial charge in [0, 0.05) is 0 Å². The highest BCUT2D eigenvalue weighted by molar-refractivity contribution is 5.39. The van der Waals surface area contributed by atoms with Crippen molar-refractivity contribution >= 4 is 5.82 Å². The van der Waals surface area contributed by atoms with Gasteiger partial charge in [-0.3, -0.25) is 0 Å². The maximum Gasteiger partial charge on any atom is 0.214 e. The number of aromatic hydroxyl groups is 1. The average molecular weight is 232 g/mol. The average Bonchev–Trinajstić information content (AvgIpc) is 2.29. The minimum absolute atomic E-state index is 0.0589. The van der Waals surface area contributed by atoms with Gasteiger partial charge in [0.2, 0.25) is 5.95 Å². The molecule has 0 spiro atoms. The molecule has 1 aromatic heterocycles. The van der Waals surface area contributed by atoms with Gasteiger partial charge < -0.3 is 10.4 Å². The number of aromatic nitrogens is 1. The first-order valence-corrected chi connectivity index (χ1v) is 5.33. The molecule has 2 N–H and O–H groups in total. The van der Waals surface area contributed by atoms with E-state index in [0.717, 1.165) is 5.56 Å². The number of hydrogen-bond donors (Lipinski definition) is 2. The predicted molar refractivity (Wildman–Crippen MR) is 64.3 cm³/mol. The second-order valence-corrected chi connectivity index (χ2v) is 3.81. The Kier molecular flexibility index (Phi) is 3.23. The van der Waals surface area contributed by atoms with Gasteiger partial charge in [-0.05, 0) is 36.8 Å². The van der Waals surface area contributed by atoms with E-state index in [4.69, 9.17) is 0 Å². The molecule has 17 heavy (non-hydrogen) atoms. The third-order valence-corrected chi connectivity index (χ3v) is 2.45. The van der Waals surface area contributed by atoms with Gasteiger partial charge in [0.1, 0.15) is 11.6 Å². The lowest BCUT2D eigenvalue weighted by molar-refractivity contribution is 0.474. The van der Waals surface area contributed by atoms with Gasteiger partial charge in [0.15, 0.2) is 0 Å². The van der Waals surface area contributed by atoms with E-state index in [1.165, 1.54) is 6.07 Å². The molecule has 0 saturated carbocycles. The van der Waals surface area contributed by atoms with Crippen LogP contribution in [0.15, 0.2) is 42.5 Å². The summed E-state index contributed by atoms with van der Waals surface area (Å²) in [6, 6.07) is 11.5. The van der Waals surface area contributed by atoms with Crippen LogP contribution >= 0.6 is 0 Å². The topological polar surface area (TPSA) is 45.2 Å². The normalized spacial score (nSPS) is 12.1. The third-order valence-electron chi connectivity index (χ3n) is 2.45. The van der Waals surface area contributed by atoms with Crippen LogP contribution in [0.5, 0.6) is 5.75 Å². The van der Waals surface area contributed by atoms with Crippen LogP contribution in [0.3, 0.4) is 0 Å². The molecule has 0 aliphatic heterocycles. The van der Waals surface area contributed by atoms with Crippen LogP contribution in [-0.4, -0.2) is 10.1 Å². The minimum atomic E-state index is -0.516. The van der Waals surface area contributed by atoms with Gasteiger partial charge >= 0.3 is 0 Å². The van der Waals surface area contributed by atoms with Gasteiger partial charge in [0.25, 0.3) is 0 Å². The van der Waals surface area contributed by atoms with Crippen LogP contribution in [0, 0.1) is 5.95 Å². The molecule has 1 heterocycles. The molecular formula is C13H13FN2O. The number of pyridine rings is 1. The van der Waals surface area contributed by atoms with Crippen molar-refractivity contribution in [1.29, 1.82) is 0 Å². The van der Waals surface area contributed by atoms with Gasteiger partial charge in [-0.1, -0.05) is 18.2 Å². The molecule has 0 bridgehead atoms. The zero-order valence-electron chi connectivity index (χ0n) is 9.39. The second-order valence-electron chi connectivity index (χ2n) is 3.81. The molecule has 1 aromatic carbocycles. The van der Waals surface area contributed by atoms with Crippen LogP contribution in [0.4, 0.5) is 10.2 Å². The molecule has 4 heteroatoms. The lowest BCUT2D eigenvalue weighted by Gasteiger charge is -2.15. The highest BCUT2D eigenvalue weighted by Gasteiger charge is 2.06. The Bertz CT molecular complexity index is 516. The zero-order valence-corrected chi connectivity index (χ0v) is 9.39. The number of rotatable bonds is 3. The zero-order chi connectivity index (χ0) is 12.3. The summed E-state index contributed by atoms with van der Waals surface area (Å²) in [5.41, 5.74) is 0.913. The Hall–Kier alpha value is -2.10. The monoisotopic (exact) mass is 232 g/mol. The van der Waals surface area contributed by atoms with Crippen LogP contribution in [0.2, 0.25) is 0 Å². The van der Waals surface area contributed by atoms with Crippen molar-refractivity contribution in [2.45, 2.75) is 13.0 Å². The quantitative estimate of drug-likeness (QED) is 0.799. The molecule has 2 aromatic rings. The largest absolute Gasteiger partial charge is 0.508 e. The van der Waals surface area contributed by atoms with E-state index in [1.54, 1.807) is 30.3 Å². The summed E-state index contributed by atoms with van der Waals surface area (Å²) in [4.78, 5) is 3.72. The van der Waals surface area contributed by atoms with Gasteiger partial charge in [-0.25, -0.2) is 4.98 Å². The Morgan fingerprint density at radius 2 is 2.00 bits per heavy atom. The summed E-state index contributed by atoms with van der Waals surface area (Å²) in [6.45, 7) is 1.92. The smallest absolute Gasteiger partial charge is 0.214 e. The van der Waals surface area contributed by atoms with Gasteiger partial charge in [-0.15, -0.1) is 0 Å². The van der Waals surface area contributed by atoms with E-state index in [1.807, 2.05) is 13.0 Å². The molecule has 3 nitrogen and oxygen atoms in total. The van der Waals surface area contributed by atoms with E-state index in [0.29, 0.717) is 5.82 Å². The summed E-state index contributed by atoms with van der Waals surface area (Å²) in [5.74, 6) is 0.169. The van der Waals surface area contributed by atoms with E-state index in [9.17, 15) is 9.50 Å². The third kappa shape index (κ3) is 2.93. The molecule has 1 unspecified atom stereocenters. The molecule has 0 radical (unpaired) electrons. The number of halogens is 1. The first-order chi connectivity index (χ1) is 8.15. The Morgan fingerprint density at radius 3 is 2.71 bits per heavy atom. The molecule has 0 aliphatic carbocycles. The molecule has 0 amide bonds. The van der Waals surface area contributed by atoms with E-state index >= 15 is 0 Å². The van der Waals surface area contributed by atoms with Crippen molar-refractivity contribution in [3.63, 3.8) is 0 Å². The highest BCUT2D eigenvalue weighted by Crippen LogP contribution is 2.21. The summed E-state index contributed by atoms with van der Waals surface area (Å²) in [6.07, 6.45) is 0. The lowest BCUT2D eigenvalue weighted by atomic mass is 10.1. The van der Waals surface area contributed by atoms with Crippen LogP contribution in [-0.2, 0) is 0 Å². The summed E-state index contributed by atoms with van der Waals surface area (Å²) >= 11 is 0. The van der Waals surface area contributed by atoms with Crippen molar-refractivity contribution in [2.75, 3.05) is 5.32 Å². The SMILES string of the molecule is CC(Nc1cccc(F)n1)c1cccc(O)c1. The van der Waals surface area contributed by atoms with Crippen LogP contribution in [0.25, 0.3) is 0 Å². The van der Waals surface area contributed by atoms with Crippen molar-refractivity contribution in [1.82, 2.24) is 4.98 Å². The Morgan fingerprint density at radius 1 is 1.24 bits per heavy atom.